The molecule has 1 rings (SSSR count). The fraction of sp³-hybridized carbons (Fsp3) is 0.500. The Bertz CT molecular complexity index is 310. The minimum absolute atomic E-state index is 0.262. The highest BCUT2D eigenvalue weighted by Crippen LogP contribution is 2.18. The van der Waals surface area contributed by atoms with Crippen LogP contribution >= 0.6 is 0 Å². The first-order chi connectivity index (χ1) is 7.13. The summed E-state index contributed by atoms with van der Waals surface area (Å²) in [5.41, 5.74) is 2.29. The number of aliphatic hydroxyl groups is 1. The van der Waals surface area contributed by atoms with Crippen LogP contribution in [0.25, 0.3) is 0 Å². The Morgan fingerprint density at radius 1 is 1.27 bits per heavy atom. The third-order valence-corrected chi connectivity index (χ3v) is 2.12. The molecule has 0 amide bonds. The van der Waals surface area contributed by atoms with Gasteiger partial charge >= 0.3 is 0 Å². The fourth-order valence-electron chi connectivity index (χ4n) is 1.39. The van der Waals surface area contributed by atoms with E-state index in [1.54, 1.807) is 7.11 Å². The molecule has 3 nitrogen and oxygen atoms in total. The molecule has 1 aromatic carbocycles. The van der Waals surface area contributed by atoms with Crippen LogP contribution in [0.4, 0.5) is 0 Å². The summed E-state index contributed by atoms with van der Waals surface area (Å²) >= 11 is 0. The first kappa shape index (κ1) is 12.0. The summed E-state index contributed by atoms with van der Waals surface area (Å²) in [4.78, 5) is 0. The van der Waals surface area contributed by atoms with Gasteiger partial charge in [0.25, 0.3) is 0 Å². The van der Waals surface area contributed by atoms with Crippen LogP contribution in [-0.4, -0.2) is 31.5 Å². The second-order valence-electron chi connectivity index (χ2n) is 3.69. The number of hydrogen-bond acceptors (Lipinski definition) is 3. The van der Waals surface area contributed by atoms with Gasteiger partial charge in [-0.2, -0.15) is 0 Å². The van der Waals surface area contributed by atoms with Crippen molar-refractivity contribution in [3.05, 3.63) is 29.3 Å². The van der Waals surface area contributed by atoms with Crippen LogP contribution in [0.3, 0.4) is 0 Å². The molecular weight excluding hydrogens is 192 g/mol. The van der Waals surface area contributed by atoms with Crippen LogP contribution in [-0.2, 0) is 4.74 Å². The maximum absolute atomic E-state index is 9.41. The molecule has 84 valence electrons. The van der Waals surface area contributed by atoms with Crippen molar-refractivity contribution in [2.24, 2.45) is 0 Å². The molecule has 0 saturated heterocycles. The van der Waals surface area contributed by atoms with Gasteiger partial charge in [0.15, 0.2) is 0 Å². The number of hydrogen-bond donors (Lipinski definition) is 1. The van der Waals surface area contributed by atoms with Gasteiger partial charge < -0.3 is 14.6 Å². The average molecular weight is 210 g/mol. The maximum Gasteiger partial charge on any atom is 0.122 e. The zero-order valence-corrected chi connectivity index (χ0v) is 9.49. The molecule has 3 heteroatoms. The van der Waals surface area contributed by atoms with Crippen LogP contribution in [0, 0.1) is 13.8 Å². The molecule has 1 aromatic rings. The molecule has 0 aliphatic rings. The van der Waals surface area contributed by atoms with Crippen molar-refractivity contribution in [3.8, 4) is 5.75 Å². The van der Waals surface area contributed by atoms with E-state index in [-0.39, 0.29) is 6.61 Å². The molecule has 0 heterocycles. The Hall–Kier alpha value is -1.06. The first-order valence-corrected chi connectivity index (χ1v) is 5.00. The smallest absolute Gasteiger partial charge is 0.122 e. The molecule has 0 aliphatic heterocycles. The SMILES string of the molecule is COCC(O)COc1ccc(C)cc1C. The Morgan fingerprint density at radius 3 is 2.60 bits per heavy atom. The quantitative estimate of drug-likeness (QED) is 0.803. The number of aryl methyl sites for hydroxylation is 2. The zero-order chi connectivity index (χ0) is 11.3. The van der Waals surface area contributed by atoms with Crippen molar-refractivity contribution in [1.82, 2.24) is 0 Å². The highest BCUT2D eigenvalue weighted by Gasteiger charge is 2.05. The van der Waals surface area contributed by atoms with Crippen molar-refractivity contribution in [2.75, 3.05) is 20.3 Å². The van der Waals surface area contributed by atoms with Gasteiger partial charge in [0, 0.05) is 7.11 Å². The second kappa shape index (κ2) is 5.73. The predicted octanol–water partition coefficient (Wildman–Crippen LogP) is 1.69. The molecule has 0 bridgehead atoms. The van der Waals surface area contributed by atoms with Crippen LogP contribution in [0.2, 0.25) is 0 Å². The summed E-state index contributed by atoms with van der Waals surface area (Å²) in [7, 11) is 1.56. The largest absolute Gasteiger partial charge is 0.491 e. The topological polar surface area (TPSA) is 38.7 Å². The highest BCUT2D eigenvalue weighted by atomic mass is 16.5. The molecule has 0 aromatic heterocycles. The van der Waals surface area contributed by atoms with E-state index >= 15 is 0 Å². The van der Waals surface area contributed by atoms with Crippen molar-refractivity contribution in [2.45, 2.75) is 20.0 Å². The average Bonchev–Trinajstić information content (AvgIpc) is 2.17. The van der Waals surface area contributed by atoms with E-state index in [0.717, 1.165) is 11.3 Å². The Morgan fingerprint density at radius 2 is 2.00 bits per heavy atom. The zero-order valence-electron chi connectivity index (χ0n) is 9.49. The van der Waals surface area contributed by atoms with E-state index in [1.165, 1.54) is 5.56 Å². The maximum atomic E-state index is 9.41. The van der Waals surface area contributed by atoms with Gasteiger partial charge in [-0.15, -0.1) is 0 Å². The van der Waals surface area contributed by atoms with Gasteiger partial charge in [-0.1, -0.05) is 17.7 Å². The van der Waals surface area contributed by atoms with Gasteiger partial charge in [0.05, 0.1) is 6.61 Å². The molecular formula is C12H18O3. The second-order valence-corrected chi connectivity index (χ2v) is 3.69. The lowest BCUT2D eigenvalue weighted by Crippen LogP contribution is -2.22. The standard InChI is InChI=1S/C12H18O3/c1-9-4-5-12(10(2)6-9)15-8-11(13)7-14-3/h4-6,11,13H,7-8H2,1-3H3. The Kier molecular flexibility index (Phi) is 4.59. The van der Waals surface area contributed by atoms with E-state index in [0.29, 0.717) is 6.61 Å². The van der Waals surface area contributed by atoms with Crippen LogP contribution < -0.4 is 4.74 Å². The van der Waals surface area contributed by atoms with E-state index in [2.05, 4.69) is 6.07 Å². The molecule has 1 N–H and O–H groups in total. The molecule has 1 atom stereocenters. The van der Waals surface area contributed by atoms with Gasteiger partial charge in [-0.3, -0.25) is 0 Å². The van der Waals surface area contributed by atoms with Gasteiger partial charge in [-0.25, -0.2) is 0 Å². The lowest BCUT2D eigenvalue weighted by atomic mass is 10.1. The fourth-order valence-corrected chi connectivity index (χ4v) is 1.39. The monoisotopic (exact) mass is 210 g/mol. The van der Waals surface area contributed by atoms with Crippen molar-refractivity contribution < 1.29 is 14.6 Å². The summed E-state index contributed by atoms with van der Waals surface area (Å²) in [6.07, 6.45) is -0.573. The van der Waals surface area contributed by atoms with Crippen LogP contribution in [0.5, 0.6) is 5.75 Å². The highest BCUT2D eigenvalue weighted by molar-refractivity contribution is 5.35. The lowest BCUT2D eigenvalue weighted by molar-refractivity contribution is 0.0324. The number of benzene rings is 1. The third kappa shape index (κ3) is 3.90. The summed E-state index contributed by atoms with van der Waals surface area (Å²) in [5, 5.41) is 9.41. The van der Waals surface area contributed by atoms with Gasteiger partial charge in [-0.05, 0) is 25.5 Å². The summed E-state index contributed by atoms with van der Waals surface area (Å²) in [6, 6.07) is 5.97. The lowest BCUT2D eigenvalue weighted by Gasteiger charge is -2.13. The van der Waals surface area contributed by atoms with E-state index < -0.39 is 6.10 Å². The van der Waals surface area contributed by atoms with Crippen molar-refractivity contribution >= 4 is 0 Å². The molecule has 0 fully saturated rings. The number of methoxy groups -OCH3 is 1. The summed E-state index contributed by atoms with van der Waals surface area (Å²) in [6.45, 7) is 4.59. The minimum atomic E-state index is -0.573. The van der Waals surface area contributed by atoms with Crippen LogP contribution in [0.15, 0.2) is 18.2 Å². The normalized spacial score (nSPS) is 12.5. The van der Waals surface area contributed by atoms with Gasteiger partial charge in [0.2, 0.25) is 0 Å². The predicted molar refractivity (Wildman–Crippen MR) is 59.3 cm³/mol. The number of aliphatic hydroxyl groups excluding tert-OH is 1. The Balaban J connectivity index is 2.50. The van der Waals surface area contributed by atoms with Crippen molar-refractivity contribution in [1.29, 1.82) is 0 Å². The molecule has 1 unspecified atom stereocenters. The Labute approximate surface area is 90.6 Å². The number of rotatable bonds is 5. The molecule has 0 saturated carbocycles. The molecule has 15 heavy (non-hydrogen) atoms. The molecule has 0 radical (unpaired) electrons. The third-order valence-electron chi connectivity index (χ3n) is 2.12. The molecule has 0 aliphatic carbocycles. The van der Waals surface area contributed by atoms with E-state index in [1.807, 2.05) is 26.0 Å². The minimum Gasteiger partial charge on any atom is -0.491 e. The van der Waals surface area contributed by atoms with Crippen molar-refractivity contribution in [3.63, 3.8) is 0 Å². The van der Waals surface area contributed by atoms with E-state index in [4.69, 9.17) is 9.47 Å². The summed E-state index contributed by atoms with van der Waals surface area (Å²) < 4.78 is 10.3. The van der Waals surface area contributed by atoms with E-state index in [9.17, 15) is 5.11 Å². The summed E-state index contributed by atoms with van der Waals surface area (Å²) in [5.74, 6) is 0.816. The molecule has 0 spiro atoms. The van der Waals surface area contributed by atoms with Gasteiger partial charge in [0.1, 0.15) is 18.5 Å². The first-order valence-electron chi connectivity index (χ1n) is 5.00. The van der Waals surface area contributed by atoms with Crippen LogP contribution in [0.1, 0.15) is 11.1 Å². The number of ether oxygens (including phenoxy) is 2.